The van der Waals surface area contributed by atoms with Gasteiger partial charge in [0.25, 0.3) is 5.88 Å². The number of rotatable bonds is 6. The van der Waals surface area contributed by atoms with Gasteiger partial charge in [0.05, 0.1) is 19.1 Å². The highest BCUT2D eigenvalue weighted by atomic mass is 32.1. The Labute approximate surface area is 176 Å². The Kier molecular flexibility index (Phi) is 5.41. The zero-order chi connectivity index (χ0) is 21.3. The SMILES string of the molecule is COc1cc(CCC(=O)Oc2ccc3c(c2C)O/C(=C\c2sccc2C)C3=O)on1. The summed E-state index contributed by atoms with van der Waals surface area (Å²) in [5.41, 5.74) is 2.14. The van der Waals surface area contributed by atoms with Crippen molar-refractivity contribution in [2.24, 2.45) is 0 Å². The van der Waals surface area contributed by atoms with Crippen molar-refractivity contribution < 1.29 is 28.3 Å². The Bertz CT molecular complexity index is 1160. The number of carbonyl (C=O) groups is 2. The summed E-state index contributed by atoms with van der Waals surface area (Å²) < 4.78 is 21.3. The summed E-state index contributed by atoms with van der Waals surface area (Å²) in [6.45, 7) is 3.74. The van der Waals surface area contributed by atoms with Crippen molar-refractivity contribution in [2.75, 3.05) is 7.11 Å². The van der Waals surface area contributed by atoms with Gasteiger partial charge >= 0.3 is 5.97 Å². The van der Waals surface area contributed by atoms with Crippen LogP contribution in [0.2, 0.25) is 0 Å². The monoisotopic (exact) mass is 425 g/mol. The maximum Gasteiger partial charge on any atom is 0.311 e. The van der Waals surface area contributed by atoms with E-state index in [1.54, 1.807) is 42.5 Å². The predicted octanol–water partition coefficient (Wildman–Crippen LogP) is 4.52. The topological polar surface area (TPSA) is 87.9 Å². The van der Waals surface area contributed by atoms with Crippen LogP contribution < -0.4 is 14.2 Å². The zero-order valence-electron chi connectivity index (χ0n) is 16.7. The van der Waals surface area contributed by atoms with Crippen molar-refractivity contribution >= 4 is 29.2 Å². The minimum absolute atomic E-state index is 0.109. The van der Waals surface area contributed by atoms with Gasteiger partial charge in [-0.3, -0.25) is 9.59 Å². The second kappa shape index (κ2) is 8.16. The number of aryl methyl sites for hydroxylation is 2. The van der Waals surface area contributed by atoms with Crippen LogP contribution in [-0.4, -0.2) is 24.0 Å². The number of hydrogen-bond donors (Lipinski definition) is 0. The molecule has 3 aromatic rings. The van der Waals surface area contributed by atoms with Gasteiger partial charge in [-0.2, -0.15) is 0 Å². The first-order valence-electron chi connectivity index (χ1n) is 9.28. The molecule has 7 nitrogen and oxygen atoms in total. The van der Waals surface area contributed by atoms with E-state index in [0.717, 1.165) is 10.4 Å². The molecule has 2 aromatic heterocycles. The molecule has 3 heterocycles. The van der Waals surface area contributed by atoms with E-state index in [0.29, 0.717) is 40.7 Å². The molecule has 0 bridgehead atoms. The predicted molar refractivity (Wildman–Crippen MR) is 110 cm³/mol. The molecule has 30 heavy (non-hydrogen) atoms. The van der Waals surface area contributed by atoms with Crippen molar-refractivity contribution in [2.45, 2.75) is 26.7 Å². The maximum atomic E-state index is 12.7. The van der Waals surface area contributed by atoms with Crippen molar-refractivity contribution in [1.29, 1.82) is 0 Å². The number of ketones is 1. The first kappa shape index (κ1) is 19.9. The first-order valence-corrected chi connectivity index (χ1v) is 10.2. The number of ether oxygens (including phenoxy) is 3. The molecule has 0 saturated carbocycles. The molecule has 1 aromatic carbocycles. The highest BCUT2D eigenvalue weighted by molar-refractivity contribution is 7.11. The smallest absolute Gasteiger partial charge is 0.311 e. The summed E-state index contributed by atoms with van der Waals surface area (Å²) in [5.74, 6) is 1.32. The Morgan fingerprint density at radius 2 is 2.10 bits per heavy atom. The molecule has 0 atom stereocenters. The standard InChI is InChI=1S/C22H19NO6S/c1-12-8-9-30-18(12)11-17-21(25)15-5-6-16(13(2)22(15)28-17)27-20(24)7-4-14-10-19(26-3)23-29-14/h5-6,8-11H,4,7H2,1-3H3/b17-11-. The normalized spacial score (nSPS) is 14.0. The minimum atomic E-state index is -0.428. The van der Waals surface area contributed by atoms with Crippen LogP contribution >= 0.6 is 11.3 Å². The van der Waals surface area contributed by atoms with Crippen LogP contribution in [0.1, 0.15) is 38.5 Å². The lowest BCUT2D eigenvalue weighted by Gasteiger charge is -2.09. The Morgan fingerprint density at radius 3 is 2.80 bits per heavy atom. The quantitative estimate of drug-likeness (QED) is 0.326. The van der Waals surface area contributed by atoms with Crippen molar-refractivity contribution in [1.82, 2.24) is 5.16 Å². The summed E-state index contributed by atoms with van der Waals surface area (Å²) in [6, 6.07) is 6.85. The number of carbonyl (C=O) groups excluding carboxylic acids is 2. The van der Waals surface area contributed by atoms with E-state index in [1.807, 2.05) is 18.4 Å². The number of Topliss-reactive ketones (excluding diaryl/α,β-unsaturated/α-hetero) is 1. The van der Waals surface area contributed by atoms with Crippen LogP contribution in [0.4, 0.5) is 0 Å². The average Bonchev–Trinajstić information content (AvgIpc) is 3.44. The number of hydrogen-bond acceptors (Lipinski definition) is 8. The van der Waals surface area contributed by atoms with Gasteiger partial charge < -0.3 is 18.7 Å². The summed E-state index contributed by atoms with van der Waals surface area (Å²) in [5, 5.41) is 5.66. The van der Waals surface area contributed by atoms with Crippen LogP contribution in [-0.2, 0) is 11.2 Å². The fourth-order valence-corrected chi connectivity index (χ4v) is 3.88. The Hall–Kier alpha value is -3.39. The number of benzene rings is 1. The minimum Gasteiger partial charge on any atom is -0.479 e. The van der Waals surface area contributed by atoms with Gasteiger partial charge in [-0.1, -0.05) is 0 Å². The first-order chi connectivity index (χ1) is 14.5. The van der Waals surface area contributed by atoms with Gasteiger partial charge in [-0.05, 0) is 48.1 Å². The molecule has 0 unspecified atom stereocenters. The van der Waals surface area contributed by atoms with E-state index in [1.165, 1.54) is 7.11 Å². The molecule has 154 valence electrons. The molecule has 0 N–H and O–H groups in total. The van der Waals surface area contributed by atoms with Gasteiger partial charge in [0.15, 0.2) is 5.76 Å². The van der Waals surface area contributed by atoms with Gasteiger partial charge in [0.1, 0.15) is 17.3 Å². The van der Waals surface area contributed by atoms with Crippen LogP contribution in [0, 0.1) is 13.8 Å². The molecule has 0 spiro atoms. The average molecular weight is 425 g/mol. The lowest BCUT2D eigenvalue weighted by Crippen LogP contribution is -2.10. The third-order valence-corrected chi connectivity index (χ3v) is 5.71. The van der Waals surface area contributed by atoms with Crippen LogP contribution in [0.5, 0.6) is 17.4 Å². The molecule has 0 aliphatic carbocycles. The number of thiophene rings is 1. The number of methoxy groups -OCH3 is 1. The molecule has 0 fully saturated rings. The molecule has 1 aliphatic heterocycles. The fourth-order valence-electron chi connectivity index (χ4n) is 3.04. The van der Waals surface area contributed by atoms with E-state index in [9.17, 15) is 9.59 Å². The lowest BCUT2D eigenvalue weighted by atomic mass is 10.1. The van der Waals surface area contributed by atoms with E-state index in [2.05, 4.69) is 5.16 Å². The van der Waals surface area contributed by atoms with Gasteiger partial charge in [0.2, 0.25) is 5.78 Å². The molecular weight excluding hydrogens is 406 g/mol. The van der Waals surface area contributed by atoms with Gasteiger partial charge in [-0.25, -0.2) is 0 Å². The molecule has 1 aliphatic rings. The molecule has 0 amide bonds. The van der Waals surface area contributed by atoms with Crippen LogP contribution in [0.15, 0.2) is 39.9 Å². The molecule has 8 heteroatoms. The number of nitrogens with zero attached hydrogens (tertiary/aromatic N) is 1. The molecule has 4 rings (SSSR count). The molecule has 0 saturated heterocycles. The van der Waals surface area contributed by atoms with E-state index in [-0.39, 0.29) is 18.0 Å². The Morgan fingerprint density at radius 1 is 1.27 bits per heavy atom. The molecule has 0 radical (unpaired) electrons. The summed E-state index contributed by atoms with van der Waals surface area (Å²) in [6.07, 6.45) is 2.19. The summed E-state index contributed by atoms with van der Waals surface area (Å²) >= 11 is 1.54. The van der Waals surface area contributed by atoms with E-state index < -0.39 is 5.97 Å². The summed E-state index contributed by atoms with van der Waals surface area (Å²) in [7, 11) is 1.49. The summed E-state index contributed by atoms with van der Waals surface area (Å²) in [4.78, 5) is 25.9. The third-order valence-electron chi connectivity index (χ3n) is 4.75. The van der Waals surface area contributed by atoms with Gasteiger partial charge in [0, 0.05) is 29.0 Å². The van der Waals surface area contributed by atoms with Crippen LogP contribution in [0.25, 0.3) is 6.08 Å². The number of allylic oxidation sites excluding steroid dienone is 1. The zero-order valence-corrected chi connectivity index (χ0v) is 17.5. The second-order valence-corrected chi connectivity index (χ2v) is 7.73. The van der Waals surface area contributed by atoms with E-state index in [4.69, 9.17) is 18.7 Å². The lowest BCUT2D eigenvalue weighted by molar-refractivity contribution is -0.134. The maximum absolute atomic E-state index is 12.7. The van der Waals surface area contributed by atoms with Crippen LogP contribution in [0.3, 0.4) is 0 Å². The number of esters is 1. The van der Waals surface area contributed by atoms with Gasteiger partial charge in [-0.15, -0.1) is 11.3 Å². The highest BCUT2D eigenvalue weighted by Gasteiger charge is 2.30. The van der Waals surface area contributed by atoms with Crippen molar-refractivity contribution in [3.8, 4) is 17.4 Å². The fraction of sp³-hybridized carbons (Fsp3) is 0.227. The number of fused-ring (bicyclic) bond motifs is 1. The Balaban J connectivity index is 1.47. The van der Waals surface area contributed by atoms with Crippen molar-refractivity contribution in [3.05, 3.63) is 62.7 Å². The largest absolute Gasteiger partial charge is 0.479 e. The van der Waals surface area contributed by atoms with Crippen molar-refractivity contribution in [3.63, 3.8) is 0 Å². The molecular formula is C22H19NO6S. The second-order valence-electron chi connectivity index (χ2n) is 6.78. The third kappa shape index (κ3) is 3.86. The highest BCUT2D eigenvalue weighted by Crippen LogP contribution is 2.39. The van der Waals surface area contributed by atoms with E-state index >= 15 is 0 Å². The number of aromatic nitrogens is 1.